The molecule has 1 atom stereocenters. The third-order valence-corrected chi connectivity index (χ3v) is 5.90. The summed E-state index contributed by atoms with van der Waals surface area (Å²) in [5.74, 6) is 0.889. The number of rotatable bonds is 6. The zero-order valence-electron chi connectivity index (χ0n) is 14.1. The van der Waals surface area contributed by atoms with Gasteiger partial charge in [0.1, 0.15) is 5.75 Å². The molecule has 1 aromatic carbocycles. The normalized spacial score (nSPS) is 19.3. The molecule has 0 saturated carbocycles. The summed E-state index contributed by atoms with van der Waals surface area (Å²) >= 11 is 3.08. The van der Waals surface area contributed by atoms with Gasteiger partial charge >= 0.3 is 0 Å². The minimum atomic E-state index is -0.0889. The molecule has 1 aliphatic heterocycles. The summed E-state index contributed by atoms with van der Waals surface area (Å²) in [5, 5.41) is 11.0. The van der Waals surface area contributed by atoms with E-state index in [1.807, 2.05) is 48.7 Å². The average molecular weight is 374 g/mol. The van der Waals surface area contributed by atoms with Gasteiger partial charge in [0.25, 0.3) is 0 Å². The second kappa shape index (κ2) is 8.31. The molecule has 0 spiro atoms. The Labute approximate surface area is 155 Å². The molecule has 5 nitrogen and oxygen atoms in total. The fourth-order valence-electron chi connectivity index (χ4n) is 2.40. The van der Waals surface area contributed by atoms with E-state index in [1.54, 1.807) is 29.6 Å². The number of benzene rings is 1. The number of carbonyl (C=O) groups is 1. The number of ether oxygens (including phenoxy) is 1. The Kier molecular flexibility index (Phi) is 5.88. The van der Waals surface area contributed by atoms with Crippen LogP contribution in [0.4, 0.5) is 0 Å². The number of hydrogen-bond donors (Lipinski definition) is 0. The molecule has 1 aromatic heterocycles. The average Bonchev–Trinajstić information content (AvgIpc) is 3.25. The maximum atomic E-state index is 12.6. The molecule has 2 aromatic rings. The lowest BCUT2D eigenvalue weighted by Gasteiger charge is -2.16. The molecule has 1 aliphatic rings. The smallest absolute Gasteiger partial charge is 0.242 e. The molecule has 1 amide bonds. The molecule has 130 valence electrons. The van der Waals surface area contributed by atoms with Gasteiger partial charge < -0.3 is 4.74 Å². The Hall–Kier alpha value is -2.12. The van der Waals surface area contributed by atoms with E-state index >= 15 is 0 Å². The van der Waals surface area contributed by atoms with Gasteiger partial charge in [0.05, 0.1) is 25.1 Å². The second-order valence-electron chi connectivity index (χ2n) is 5.43. The van der Waals surface area contributed by atoms with Crippen LogP contribution in [0.5, 0.6) is 5.75 Å². The Bertz CT molecular complexity index is 770. The Morgan fingerprint density at radius 3 is 2.72 bits per heavy atom. The highest BCUT2D eigenvalue weighted by molar-refractivity contribution is 8.15. The van der Waals surface area contributed by atoms with Crippen molar-refractivity contribution in [3.05, 3.63) is 52.2 Å². The maximum Gasteiger partial charge on any atom is 0.242 e. The van der Waals surface area contributed by atoms with E-state index in [0.717, 1.165) is 22.6 Å². The summed E-state index contributed by atoms with van der Waals surface area (Å²) in [6, 6.07) is 11.7. The monoisotopic (exact) mass is 373 g/mol. The summed E-state index contributed by atoms with van der Waals surface area (Å²) in [6.07, 6.45) is 2.49. The fraction of sp³-hybridized carbons (Fsp3) is 0.278. The van der Waals surface area contributed by atoms with Crippen LogP contribution < -0.4 is 4.74 Å². The molecule has 0 N–H and O–H groups in total. The van der Waals surface area contributed by atoms with Gasteiger partial charge in [-0.1, -0.05) is 36.9 Å². The minimum absolute atomic E-state index is 0.0889. The van der Waals surface area contributed by atoms with Crippen LogP contribution in [-0.4, -0.2) is 34.5 Å². The van der Waals surface area contributed by atoms with E-state index in [4.69, 9.17) is 4.74 Å². The zero-order chi connectivity index (χ0) is 17.6. The van der Waals surface area contributed by atoms with Gasteiger partial charge in [-0.15, -0.1) is 16.4 Å². The highest BCUT2D eigenvalue weighted by Gasteiger charge is 2.36. The fourth-order valence-corrected chi connectivity index (χ4v) is 4.01. The number of amides is 1. The molecule has 1 unspecified atom stereocenters. The van der Waals surface area contributed by atoms with Crippen molar-refractivity contribution < 1.29 is 9.53 Å². The van der Waals surface area contributed by atoms with E-state index in [0.29, 0.717) is 11.7 Å². The third kappa shape index (κ3) is 4.29. The summed E-state index contributed by atoms with van der Waals surface area (Å²) < 4.78 is 5.18. The minimum Gasteiger partial charge on any atom is -0.497 e. The summed E-state index contributed by atoms with van der Waals surface area (Å²) in [4.78, 5) is 15.4. The molecule has 0 radical (unpaired) electrons. The van der Waals surface area contributed by atoms with Crippen molar-refractivity contribution in [1.82, 2.24) is 4.90 Å². The molecule has 25 heavy (non-hydrogen) atoms. The zero-order valence-corrected chi connectivity index (χ0v) is 15.7. The van der Waals surface area contributed by atoms with Crippen molar-refractivity contribution in [3.8, 4) is 5.75 Å². The van der Waals surface area contributed by atoms with E-state index < -0.39 is 0 Å². The second-order valence-corrected chi connectivity index (χ2v) is 7.58. The Balaban J connectivity index is 1.78. The lowest BCUT2D eigenvalue weighted by Crippen LogP contribution is -2.31. The highest BCUT2D eigenvalue weighted by atomic mass is 32.2. The molecular weight excluding hydrogens is 354 g/mol. The highest BCUT2D eigenvalue weighted by Crippen LogP contribution is 2.31. The van der Waals surface area contributed by atoms with E-state index in [1.165, 1.54) is 11.8 Å². The van der Waals surface area contributed by atoms with Crippen molar-refractivity contribution in [3.63, 3.8) is 0 Å². The molecule has 7 heteroatoms. The van der Waals surface area contributed by atoms with Crippen molar-refractivity contribution >= 4 is 40.4 Å². The molecule has 1 fully saturated rings. The maximum absolute atomic E-state index is 12.6. The van der Waals surface area contributed by atoms with Crippen LogP contribution in [0.1, 0.15) is 23.8 Å². The van der Waals surface area contributed by atoms with Gasteiger partial charge in [0, 0.05) is 4.88 Å². The topological polar surface area (TPSA) is 54.3 Å². The van der Waals surface area contributed by atoms with Crippen LogP contribution in [0.2, 0.25) is 0 Å². The largest absolute Gasteiger partial charge is 0.497 e. The van der Waals surface area contributed by atoms with Gasteiger partial charge in [-0.05, 0) is 35.6 Å². The van der Waals surface area contributed by atoms with E-state index in [2.05, 4.69) is 10.2 Å². The number of methoxy groups -OCH3 is 1. The SMILES string of the molecule is CCC1SC(=NN=Cc2cccs2)N(Cc2ccc(OC)cc2)C1=O. The number of thioether (sulfide) groups is 1. The van der Waals surface area contributed by atoms with Crippen LogP contribution >= 0.6 is 23.1 Å². The van der Waals surface area contributed by atoms with E-state index in [-0.39, 0.29) is 11.2 Å². The van der Waals surface area contributed by atoms with Crippen molar-refractivity contribution in [2.45, 2.75) is 25.1 Å². The van der Waals surface area contributed by atoms with Crippen molar-refractivity contribution in [2.24, 2.45) is 10.2 Å². The van der Waals surface area contributed by atoms with Crippen LogP contribution in [0.25, 0.3) is 0 Å². The Morgan fingerprint density at radius 1 is 1.28 bits per heavy atom. The first kappa shape index (κ1) is 17.7. The quantitative estimate of drug-likeness (QED) is 0.568. The summed E-state index contributed by atoms with van der Waals surface area (Å²) in [6.45, 7) is 2.50. The van der Waals surface area contributed by atoms with Crippen LogP contribution in [0.15, 0.2) is 52.0 Å². The molecule has 1 saturated heterocycles. The summed E-state index contributed by atoms with van der Waals surface area (Å²) in [7, 11) is 1.64. The summed E-state index contributed by atoms with van der Waals surface area (Å²) in [5.41, 5.74) is 1.03. The Morgan fingerprint density at radius 2 is 2.08 bits per heavy atom. The standard InChI is InChI=1S/C18H19N3O2S2/c1-3-16-17(22)21(12-13-6-8-14(23-2)9-7-13)18(25-16)20-19-11-15-5-4-10-24-15/h4-11,16H,3,12H2,1-2H3. The first-order chi connectivity index (χ1) is 12.2. The third-order valence-electron chi connectivity index (χ3n) is 3.76. The van der Waals surface area contributed by atoms with Crippen LogP contribution in [0.3, 0.4) is 0 Å². The predicted octanol–water partition coefficient (Wildman–Crippen LogP) is 4.00. The molecule has 2 heterocycles. The molecule has 3 rings (SSSR count). The number of hydrogen-bond acceptors (Lipinski definition) is 6. The number of nitrogens with zero attached hydrogens (tertiary/aromatic N) is 3. The first-order valence-electron chi connectivity index (χ1n) is 7.96. The number of carbonyl (C=O) groups excluding carboxylic acids is 1. The van der Waals surface area contributed by atoms with Crippen molar-refractivity contribution in [1.29, 1.82) is 0 Å². The van der Waals surface area contributed by atoms with Gasteiger partial charge in [0.2, 0.25) is 5.91 Å². The number of thiophene rings is 1. The van der Waals surface area contributed by atoms with Crippen LogP contribution in [-0.2, 0) is 11.3 Å². The predicted molar refractivity (Wildman–Crippen MR) is 105 cm³/mol. The lowest BCUT2D eigenvalue weighted by molar-refractivity contribution is -0.126. The van der Waals surface area contributed by atoms with Gasteiger partial charge in [-0.25, -0.2) is 0 Å². The molecule has 0 aliphatic carbocycles. The lowest BCUT2D eigenvalue weighted by atomic mass is 10.2. The van der Waals surface area contributed by atoms with Gasteiger partial charge in [-0.2, -0.15) is 5.10 Å². The van der Waals surface area contributed by atoms with Gasteiger partial charge in [-0.3, -0.25) is 9.69 Å². The molecular formula is C18H19N3O2S2. The van der Waals surface area contributed by atoms with Crippen LogP contribution in [0, 0.1) is 0 Å². The van der Waals surface area contributed by atoms with Crippen molar-refractivity contribution in [2.75, 3.05) is 7.11 Å². The first-order valence-corrected chi connectivity index (χ1v) is 9.72. The van der Waals surface area contributed by atoms with Gasteiger partial charge in [0.15, 0.2) is 5.17 Å². The van der Waals surface area contributed by atoms with E-state index in [9.17, 15) is 4.79 Å². The number of amidine groups is 1. The molecule has 0 bridgehead atoms.